The molecule has 1 amide bonds. The summed E-state index contributed by atoms with van der Waals surface area (Å²) < 4.78 is 93.9. The summed E-state index contributed by atoms with van der Waals surface area (Å²) in [6.07, 6.45) is -7.70. The molecule has 0 bridgehead atoms. The predicted octanol–water partition coefficient (Wildman–Crippen LogP) is 6.16. The number of ether oxygens (including phenoxy) is 1. The Kier molecular flexibility index (Phi) is 7.63. The summed E-state index contributed by atoms with van der Waals surface area (Å²) in [5, 5.41) is 0. The van der Waals surface area contributed by atoms with Crippen molar-refractivity contribution in [2.24, 2.45) is 0 Å². The van der Waals surface area contributed by atoms with Crippen molar-refractivity contribution in [3.63, 3.8) is 0 Å². The lowest BCUT2D eigenvalue weighted by Crippen LogP contribution is -2.40. The molecule has 2 unspecified atom stereocenters. The van der Waals surface area contributed by atoms with Crippen LogP contribution in [0.4, 0.5) is 36.4 Å². The first-order valence-corrected chi connectivity index (χ1v) is 11.5. The van der Waals surface area contributed by atoms with Gasteiger partial charge in [0.15, 0.2) is 0 Å². The van der Waals surface area contributed by atoms with Crippen LogP contribution in [-0.2, 0) is 17.4 Å². The minimum absolute atomic E-state index is 0.255. The van der Waals surface area contributed by atoms with E-state index in [9.17, 15) is 35.5 Å². The topological polar surface area (TPSA) is 45.7 Å². The number of nitrogens with zero attached hydrogens (tertiary/aromatic N) is 3. The summed E-state index contributed by atoms with van der Waals surface area (Å²) in [7, 11) is 1.69. The van der Waals surface area contributed by atoms with Crippen molar-refractivity contribution in [3.8, 4) is 5.75 Å². The molecule has 0 spiro atoms. The largest absolute Gasteiger partial charge is 0.573 e. The van der Waals surface area contributed by atoms with Gasteiger partial charge >= 0.3 is 12.5 Å². The molecule has 2 atom stereocenters. The fourth-order valence-electron chi connectivity index (χ4n) is 4.42. The second-order valence-corrected chi connectivity index (χ2v) is 8.85. The van der Waals surface area contributed by atoms with Crippen molar-refractivity contribution < 1.29 is 40.3 Å². The van der Waals surface area contributed by atoms with Crippen LogP contribution >= 0.6 is 0 Å². The van der Waals surface area contributed by atoms with Gasteiger partial charge in [-0.1, -0.05) is 18.2 Å². The average Bonchev–Trinajstić information content (AvgIpc) is 3.19. The van der Waals surface area contributed by atoms with Gasteiger partial charge in [0, 0.05) is 18.4 Å². The fraction of sp³-hybridized carbons (Fsp3) is 0.308. The number of hydrogen-bond acceptors (Lipinski definition) is 4. The highest BCUT2D eigenvalue weighted by Crippen LogP contribution is 2.40. The van der Waals surface area contributed by atoms with Gasteiger partial charge in [-0.15, -0.1) is 13.2 Å². The number of aromatic nitrogens is 1. The van der Waals surface area contributed by atoms with Gasteiger partial charge in [0.1, 0.15) is 17.3 Å². The Bertz CT molecular complexity index is 1260. The van der Waals surface area contributed by atoms with E-state index in [-0.39, 0.29) is 12.3 Å². The minimum Gasteiger partial charge on any atom is -0.406 e. The third-order valence-electron chi connectivity index (χ3n) is 6.26. The van der Waals surface area contributed by atoms with Crippen LogP contribution < -0.4 is 9.64 Å². The number of anilines is 1. The standard InChI is InChI=1S/C26H22F7N3O2/c1-35(12-11-16-5-10-23(34-15-16)25(28,29)30)22-14-21(17-3-2-4-18(27)13-17)36(24(22)37)19-6-8-20(9-7-19)38-26(31,32)33/h2-10,13,15,21-22H,11-12,14H2,1H3. The van der Waals surface area contributed by atoms with Crippen LogP contribution in [0.5, 0.6) is 5.75 Å². The maximum atomic E-state index is 14.0. The van der Waals surface area contributed by atoms with Crippen LogP contribution in [0.15, 0.2) is 66.9 Å². The van der Waals surface area contributed by atoms with Crippen LogP contribution in [0.2, 0.25) is 0 Å². The Hall–Kier alpha value is -3.67. The highest BCUT2D eigenvalue weighted by Gasteiger charge is 2.43. The van der Waals surface area contributed by atoms with Crippen molar-refractivity contribution in [1.82, 2.24) is 9.88 Å². The Morgan fingerprint density at radius 3 is 2.32 bits per heavy atom. The van der Waals surface area contributed by atoms with E-state index < -0.39 is 41.9 Å². The Morgan fingerprint density at radius 1 is 1.03 bits per heavy atom. The minimum atomic E-state index is -4.87. The number of carbonyl (C=O) groups is 1. The van der Waals surface area contributed by atoms with Crippen LogP contribution in [0.3, 0.4) is 0 Å². The van der Waals surface area contributed by atoms with Gasteiger partial charge in [-0.2, -0.15) is 13.2 Å². The Morgan fingerprint density at radius 2 is 1.74 bits per heavy atom. The predicted molar refractivity (Wildman–Crippen MR) is 124 cm³/mol. The van der Waals surface area contributed by atoms with Crippen LogP contribution in [0, 0.1) is 5.82 Å². The molecule has 1 saturated heterocycles. The molecule has 2 aromatic carbocycles. The maximum absolute atomic E-state index is 14.0. The SMILES string of the molecule is CN(CCc1ccc(C(F)(F)F)nc1)C1CC(c2cccc(F)c2)N(c2ccc(OC(F)(F)F)cc2)C1=O. The van der Waals surface area contributed by atoms with E-state index in [2.05, 4.69) is 9.72 Å². The number of amides is 1. The molecule has 0 aliphatic carbocycles. The van der Waals surface area contributed by atoms with E-state index in [1.54, 1.807) is 18.0 Å². The van der Waals surface area contributed by atoms with E-state index in [1.807, 2.05) is 0 Å². The van der Waals surface area contributed by atoms with Crippen molar-refractivity contribution in [3.05, 3.63) is 89.5 Å². The number of alkyl halides is 6. The van der Waals surface area contributed by atoms with Crippen LogP contribution in [0.25, 0.3) is 0 Å². The lowest BCUT2D eigenvalue weighted by Gasteiger charge is -2.26. The van der Waals surface area contributed by atoms with E-state index >= 15 is 0 Å². The zero-order valence-electron chi connectivity index (χ0n) is 19.9. The number of rotatable bonds is 7. The monoisotopic (exact) mass is 541 g/mol. The molecule has 2 heterocycles. The lowest BCUT2D eigenvalue weighted by molar-refractivity contribution is -0.274. The number of benzene rings is 2. The molecule has 5 nitrogen and oxygen atoms in total. The fourth-order valence-corrected chi connectivity index (χ4v) is 4.42. The first-order valence-electron chi connectivity index (χ1n) is 11.5. The first-order chi connectivity index (χ1) is 17.8. The highest BCUT2D eigenvalue weighted by atomic mass is 19.4. The van der Waals surface area contributed by atoms with E-state index in [0.717, 1.165) is 24.4 Å². The summed E-state index contributed by atoms with van der Waals surface area (Å²) in [5.41, 5.74) is 0.369. The molecule has 202 valence electrons. The smallest absolute Gasteiger partial charge is 0.406 e. The molecule has 0 N–H and O–H groups in total. The number of halogens is 7. The molecule has 0 saturated carbocycles. The molecule has 1 aliphatic heterocycles. The second kappa shape index (κ2) is 10.6. The molecule has 38 heavy (non-hydrogen) atoms. The normalized spacial score (nSPS) is 18.3. The molecular weight excluding hydrogens is 519 g/mol. The van der Waals surface area contributed by atoms with Crippen LogP contribution in [0.1, 0.15) is 29.3 Å². The number of likely N-dealkylation sites (N-methyl/N-ethyl adjacent to an activating group) is 1. The van der Waals surface area contributed by atoms with Gasteiger partial charge in [0.2, 0.25) is 5.91 Å². The summed E-state index contributed by atoms with van der Waals surface area (Å²) >= 11 is 0. The number of carbonyl (C=O) groups excluding carboxylic acids is 1. The third-order valence-corrected chi connectivity index (χ3v) is 6.26. The second-order valence-electron chi connectivity index (χ2n) is 8.85. The lowest BCUT2D eigenvalue weighted by atomic mass is 10.0. The van der Waals surface area contributed by atoms with Gasteiger partial charge in [0.05, 0.1) is 12.1 Å². The van der Waals surface area contributed by atoms with Gasteiger partial charge in [-0.05, 0) is 73.5 Å². The molecule has 4 rings (SSSR count). The highest BCUT2D eigenvalue weighted by molar-refractivity contribution is 6.00. The van der Waals surface area contributed by atoms with Gasteiger partial charge < -0.3 is 9.64 Å². The van der Waals surface area contributed by atoms with Crippen molar-refractivity contribution in [2.75, 3.05) is 18.5 Å². The zero-order chi connectivity index (χ0) is 27.7. The summed E-state index contributed by atoms with van der Waals surface area (Å²) in [6.45, 7) is 0.311. The van der Waals surface area contributed by atoms with Gasteiger partial charge in [-0.3, -0.25) is 14.7 Å². The summed E-state index contributed by atoms with van der Waals surface area (Å²) in [4.78, 5) is 20.1. The molecule has 12 heteroatoms. The molecule has 1 aromatic heterocycles. The molecule has 1 aliphatic rings. The average molecular weight is 541 g/mol. The van der Waals surface area contributed by atoms with Crippen molar-refractivity contribution in [2.45, 2.75) is 37.5 Å². The summed E-state index contributed by atoms with van der Waals surface area (Å²) in [6, 6.07) is 11.5. The van der Waals surface area contributed by atoms with Crippen molar-refractivity contribution in [1.29, 1.82) is 0 Å². The Labute approximate surface area is 213 Å². The van der Waals surface area contributed by atoms with Crippen molar-refractivity contribution >= 4 is 11.6 Å². The van der Waals surface area contributed by atoms with Crippen LogP contribution in [-0.4, -0.2) is 41.8 Å². The molecule has 0 radical (unpaired) electrons. The van der Waals surface area contributed by atoms with Gasteiger partial charge in [0.25, 0.3) is 0 Å². The molecule has 1 fully saturated rings. The third kappa shape index (κ3) is 6.42. The zero-order valence-corrected chi connectivity index (χ0v) is 19.9. The number of pyridine rings is 1. The Balaban J connectivity index is 1.54. The van der Waals surface area contributed by atoms with E-state index in [1.165, 1.54) is 41.3 Å². The van der Waals surface area contributed by atoms with E-state index in [4.69, 9.17) is 0 Å². The first kappa shape index (κ1) is 27.4. The molecule has 3 aromatic rings. The summed E-state index contributed by atoms with van der Waals surface area (Å²) in [5.74, 6) is -1.30. The van der Waals surface area contributed by atoms with E-state index in [0.29, 0.717) is 29.8 Å². The maximum Gasteiger partial charge on any atom is 0.573 e. The van der Waals surface area contributed by atoms with Gasteiger partial charge in [-0.25, -0.2) is 4.39 Å². The molecular formula is C26H22F7N3O2. The quantitative estimate of drug-likeness (QED) is 0.336. The number of hydrogen-bond donors (Lipinski definition) is 0.